The average molecular weight is 421 g/mol. The first kappa shape index (κ1) is 19.6. The van der Waals surface area contributed by atoms with E-state index in [1.807, 2.05) is 6.07 Å². The highest BCUT2D eigenvalue weighted by Crippen LogP contribution is 2.56. The summed E-state index contributed by atoms with van der Waals surface area (Å²) in [7, 11) is -3.86. The van der Waals surface area contributed by atoms with E-state index in [9.17, 15) is 14.3 Å². The van der Waals surface area contributed by atoms with E-state index in [1.54, 1.807) is 41.8 Å². The lowest BCUT2D eigenvalue weighted by Crippen LogP contribution is -2.31. The Morgan fingerprint density at radius 1 is 1.37 bits per heavy atom. The molecule has 0 saturated heterocycles. The van der Waals surface area contributed by atoms with Crippen molar-refractivity contribution in [3.8, 4) is 0 Å². The third kappa shape index (κ3) is 3.80. The quantitative estimate of drug-likeness (QED) is 0.436. The number of carbonyl (C=O) groups is 1. The molecule has 0 aliphatic rings. The number of benzene rings is 2. The minimum Gasteiger partial charge on any atom is -0.397 e. The zero-order chi connectivity index (χ0) is 19.8. The molecule has 0 radical (unpaired) electrons. The van der Waals surface area contributed by atoms with Crippen LogP contribution in [0.3, 0.4) is 0 Å². The normalized spacial score (nSPS) is 14.5. The van der Waals surface area contributed by atoms with Gasteiger partial charge >= 0.3 is 0 Å². The van der Waals surface area contributed by atoms with E-state index >= 15 is 0 Å². The standard InChI is InChI=1S/C19H18ClN2O3PS/c1-3-22(16-7-5-4-6-15(16)21)19(23)18(26(2,24)25)14-11-27-17-9-8-12(20)10-13(14)17/h3-11,18H,1,21H2,2H3,(H,24,25). The molecular formula is C19H18ClN2O3PS. The van der Waals surface area contributed by atoms with Gasteiger partial charge in [0, 0.05) is 22.6 Å². The molecule has 2 unspecified atom stereocenters. The summed E-state index contributed by atoms with van der Waals surface area (Å²) in [4.78, 5) is 25.0. The number of carbonyl (C=O) groups excluding carboxylic acids is 1. The molecule has 0 spiro atoms. The molecule has 27 heavy (non-hydrogen) atoms. The Hall–Kier alpha value is -2.11. The van der Waals surface area contributed by atoms with E-state index in [2.05, 4.69) is 6.58 Å². The van der Waals surface area contributed by atoms with Crippen LogP contribution < -0.4 is 10.6 Å². The minimum atomic E-state index is -3.86. The van der Waals surface area contributed by atoms with E-state index in [0.29, 0.717) is 27.3 Å². The van der Waals surface area contributed by atoms with Crippen LogP contribution in [0.4, 0.5) is 11.4 Å². The topological polar surface area (TPSA) is 83.6 Å². The molecule has 1 amide bonds. The smallest absolute Gasteiger partial charge is 0.248 e. The molecule has 2 aromatic carbocycles. The van der Waals surface area contributed by atoms with Gasteiger partial charge in [-0.3, -0.25) is 14.3 Å². The zero-order valence-corrected chi connectivity index (χ0v) is 17.0. The van der Waals surface area contributed by atoms with Gasteiger partial charge in [-0.05, 0) is 46.7 Å². The van der Waals surface area contributed by atoms with Gasteiger partial charge in [0.2, 0.25) is 13.3 Å². The number of nitrogens with two attached hydrogens (primary N) is 1. The number of anilines is 2. The molecule has 140 valence electrons. The van der Waals surface area contributed by atoms with Crippen LogP contribution in [0.5, 0.6) is 0 Å². The van der Waals surface area contributed by atoms with E-state index in [4.69, 9.17) is 17.3 Å². The van der Waals surface area contributed by atoms with Gasteiger partial charge in [-0.25, -0.2) is 0 Å². The SMILES string of the molecule is C=CN(C(=O)C(c1csc2ccc(Cl)cc12)P(C)(=O)O)c1ccccc1N. The Kier molecular flexibility index (Phi) is 5.45. The van der Waals surface area contributed by atoms with Gasteiger partial charge in [0.05, 0.1) is 11.4 Å². The largest absolute Gasteiger partial charge is 0.397 e. The fraction of sp³-hybridized carbons (Fsp3) is 0.105. The monoisotopic (exact) mass is 420 g/mol. The summed E-state index contributed by atoms with van der Waals surface area (Å²) in [6, 6.07) is 12.1. The average Bonchev–Trinajstić information content (AvgIpc) is 2.99. The van der Waals surface area contributed by atoms with Crippen LogP contribution in [0.25, 0.3) is 10.1 Å². The van der Waals surface area contributed by atoms with Gasteiger partial charge in [-0.15, -0.1) is 11.3 Å². The molecule has 3 rings (SSSR count). The summed E-state index contributed by atoms with van der Waals surface area (Å²) in [5.41, 5.74) is 5.97. The summed E-state index contributed by atoms with van der Waals surface area (Å²) in [6.45, 7) is 4.86. The highest BCUT2D eigenvalue weighted by atomic mass is 35.5. The maximum absolute atomic E-state index is 13.3. The molecule has 0 saturated carbocycles. The second-order valence-electron chi connectivity index (χ2n) is 6.13. The van der Waals surface area contributed by atoms with Crippen LogP contribution >= 0.6 is 30.3 Å². The van der Waals surface area contributed by atoms with E-state index in [-0.39, 0.29) is 0 Å². The van der Waals surface area contributed by atoms with E-state index in [1.165, 1.54) is 29.1 Å². The molecule has 5 nitrogen and oxygen atoms in total. The highest BCUT2D eigenvalue weighted by Gasteiger charge is 2.39. The molecule has 3 N–H and O–H groups in total. The molecule has 3 aromatic rings. The van der Waals surface area contributed by atoms with Crippen LogP contribution in [0.2, 0.25) is 5.02 Å². The molecule has 1 heterocycles. The molecule has 0 aliphatic carbocycles. The second kappa shape index (κ2) is 7.49. The summed E-state index contributed by atoms with van der Waals surface area (Å²) in [6.07, 6.45) is 1.30. The lowest BCUT2D eigenvalue weighted by atomic mass is 10.1. The number of fused-ring (bicyclic) bond motifs is 1. The zero-order valence-electron chi connectivity index (χ0n) is 14.5. The Bertz CT molecular complexity index is 1080. The Morgan fingerprint density at radius 2 is 2.07 bits per heavy atom. The maximum Gasteiger partial charge on any atom is 0.248 e. The predicted octanol–water partition coefficient (Wildman–Crippen LogP) is 5.25. The van der Waals surface area contributed by atoms with Crippen molar-refractivity contribution in [3.05, 3.63) is 71.2 Å². The molecule has 0 fully saturated rings. The third-order valence-electron chi connectivity index (χ3n) is 4.19. The van der Waals surface area contributed by atoms with Crippen molar-refractivity contribution in [2.45, 2.75) is 5.66 Å². The number of para-hydroxylation sites is 2. The third-order valence-corrected chi connectivity index (χ3v) is 6.86. The van der Waals surface area contributed by atoms with Crippen molar-refractivity contribution in [2.75, 3.05) is 17.3 Å². The fourth-order valence-corrected chi connectivity index (χ4v) is 5.48. The van der Waals surface area contributed by atoms with Gasteiger partial charge in [0.1, 0.15) is 5.66 Å². The van der Waals surface area contributed by atoms with Crippen molar-refractivity contribution in [1.29, 1.82) is 0 Å². The van der Waals surface area contributed by atoms with E-state index in [0.717, 1.165) is 4.70 Å². The van der Waals surface area contributed by atoms with Crippen LogP contribution in [-0.4, -0.2) is 17.5 Å². The Balaban J connectivity index is 2.16. The molecule has 8 heteroatoms. The number of amides is 1. The number of halogens is 1. The number of nitrogens with zero attached hydrogens (tertiary/aromatic N) is 1. The predicted molar refractivity (Wildman–Crippen MR) is 114 cm³/mol. The number of nitrogen functional groups attached to an aromatic ring is 1. The van der Waals surface area contributed by atoms with Gasteiger partial charge in [0.15, 0.2) is 0 Å². The lowest BCUT2D eigenvalue weighted by Gasteiger charge is -2.26. The number of thiophene rings is 1. The van der Waals surface area contributed by atoms with Crippen molar-refractivity contribution >= 4 is 57.7 Å². The molecule has 0 aliphatic heterocycles. The number of hydrogen-bond acceptors (Lipinski definition) is 4. The first-order valence-corrected chi connectivity index (χ1v) is 11.4. The van der Waals surface area contributed by atoms with Crippen LogP contribution in [0.1, 0.15) is 11.2 Å². The number of hydrogen-bond donors (Lipinski definition) is 2. The minimum absolute atomic E-state index is 0.367. The van der Waals surface area contributed by atoms with Crippen molar-refractivity contribution in [3.63, 3.8) is 0 Å². The summed E-state index contributed by atoms with van der Waals surface area (Å²) in [5.74, 6) is -0.573. The Labute approximate surface area is 166 Å². The second-order valence-corrected chi connectivity index (χ2v) is 9.88. The van der Waals surface area contributed by atoms with Gasteiger partial charge in [-0.2, -0.15) is 0 Å². The molecular weight excluding hydrogens is 403 g/mol. The van der Waals surface area contributed by atoms with Crippen LogP contribution in [0.15, 0.2) is 60.6 Å². The molecule has 0 bridgehead atoms. The fourth-order valence-electron chi connectivity index (χ4n) is 2.97. The van der Waals surface area contributed by atoms with Gasteiger partial charge in [-0.1, -0.05) is 30.3 Å². The van der Waals surface area contributed by atoms with Crippen molar-refractivity contribution in [2.24, 2.45) is 0 Å². The first-order valence-electron chi connectivity index (χ1n) is 8.00. The molecule has 1 aromatic heterocycles. The van der Waals surface area contributed by atoms with Crippen molar-refractivity contribution < 1.29 is 14.3 Å². The maximum atomic E-state index is 13.3. The molecule has 2 atom stereocenters. The highest BCUT2D eigenvalue weighted by molar-refractivity contribution is 7.58. The lowest BCUT2D eigenvalue weighted by molar-refractivity contribution is -0.117. The van der Waals surface area contributed by atoms with Gasteiger partial charge < -0.3 is 10.6 Å². The summed E-state index contributed by atoms with van der Waals surface area (Å²) in [5, 5.41) is 2.91. The van der Waals surface area contributed by atoms with Gasteiger partial charge in [0.25, 0.3) is 0 Å². The van der Waals surface area contributed by atoms with Crippen LogP contribution in [-0.2, 0) is 9.36 Å². The number of rotatable bonds is 5. The van der Waals surface area contributed by atoms with E-state index < -0.39 is 18.9 Å². The Morgan fingerprint density at radius 3 is 2.70 bits per heavy atom. The summed E-state index contributed by atoms with van der Waals surface area (Å²) >= 11 is 7.49. The summed E-state index contributed by atoms with van der Waals surface area (Å²) < 4.78 is 13.6. The first-order chi connectivity index (χ1) is 12.7. The van der Waals surface area contributed by atoms with Crippen molar-refractivity contribution in [1.82, 2.24) is 0 Å². The van der Waals surface area contributed by atoms with Crippen LogP contribution in [0, 0.1) is 0 Å².